The summed E-state index contributed by atoms with van der Waals surface area (Å²) in [5.41, 5.74) is 2.72. The maximum Gasteiger partial charge on any atom is 0.273 e. The Labute approximate surface area is 189 Å². The number of oxazole rings is 1. The number of aromatic nitrogens is 2. The number of amides is 1. The zero-order chi connectivity index (χ0) is 21.9. The number of ether oxygens (including phenoxy) is 1. The van der Waals surface area contributed by atoms with Gasteiger partial charge in [0, 0.05) is 23.2 Å². The van der Waals surface area contributed by atoms with Crippen molar-refractivity contribution in [2.24, 2.45) is 0 Å². The average Bonchev–Trinajstić information content (AvgIpc) is 3.22. The molecule has 0 fully saturated rings. The fourth-order valence-electron chi connectivity index (χ4n) is 3.56. The van der Waals surface area contributed by atoms with Crippen LogP contribution in [0.5, 0.6) is 11.5 Å². The number of halogens is 1. The van der Waals surface area contributed by atoms with Crippen molar-refractivity contribution in [1.29, 1.82) is 0 Å². The number of benzene rings is 2. The molecule has 32 heavy (non-hydrogen) atoms. The number of hydrogen-bond acceptors (Lipinski definition) is 6. The van der Waals surface area contributed by atoms with Gasteiger partial charge in [-0.25, -0.2) is 4.98 Å². The van der Waals surface area contributed by atoms with Crippen LogP contribution in [0.1, 0.15) is 33.7 Å². The van der Waals surface area contributed by atoms with Crippen LogP contribution in [0, 0.1) is 0 Å². The Morgan fingerprint density at radius 3 is 2.84 bits per heavy atom. The van der Waals surface area contributed by atoms with Crippen LogP contribution >= 0.6 is 11.6 Å². The number of carbonyl (C=O) groups excluding carboxylic acids is 1. The molecule has 2 aromatic heterocycles. The van der Waals surface area contributed by atoms with Gasteiger partial charge in [0.1, 0.15) is 12.0 Å². The van der Waals surface area contributed by atoms with Crippen LogP contribution in [-0.2, 0) is 13.0 Å². The topological polar surface area (TPSA) is 89.3 Å². The van der Waals surface area contributed by atoms with Crippen LogP contribution in [0.4, 0.5) is 5.69 Å². The summed E-state index contributed by atoms with van der Waals surface area (Å²) in [7, 11) is 0. The lowest BCUT2D eigenvalue weighted by atomic mass is 10.0. The van der Waals surface area contributed by atoms with Crippen LogP contribution in [0.15, 0.2) is 77.5 Å². The molecule has 0 spiro atoms. The summed E-state index contributed by atoms with van der Waals surface area (Å²) in [5, 5.41) is 6.88. The molecule has 0 radical (unpaired) electrons. The number of carbonyl (C=O) groups is 1. The van der Waals surface area contributed by atoms with E-state index in [1.165, 1.54) is 6.26 Å². The molecular formula is C24H19ClN4O3. The summed E-state index contributed by atoms with van der Waals surface area (Å²) in [6.07, 6.45) is 3.47. The van der Waals surface area contributed by atoms with E-state index in [2.05, 4.69) is 20.6 Å². The fourth-order valence-corrected chi connectivity index (χ4v) is 3.73. The number of anilines is 1. The molecule has 2 N–H and O–H groups in total. The third-order valence-electron chi connectivity index (χ3n) is 5.11. The predicted molar refractivity (Wildman–Crippen MR) is 120 cm³/mol. The molecule has 0 saturated heterocycles. The molecular weight excluding hydrogens is 428 g/mol. The number of pyridine rings is 1. The summed E-state index contributed by atoms with van der Waals surface area (Å²) in [6, 6.07) is 18.6. The van der Waals surface area contributed by atoms with Crippen molar-refractivity contribution in [2.75, 3.05) is 5.32 Å². The van der Waals surface area contributed by atoms with Gasteiger partial charge >= 0.3 is 0 Å². The Bertz CT molecular complexity index is 1260. The number of hydrogen-bond donors (Lipinski definition) is 2. The smallest absolute Gasteiger partial charge is 0.273 e. The maximum atomic E-state index is 12.5. The van der Waals surface area contributed by atoms with Gasteiger partial charge in [-0.15, -0.1) is 0 Å². The van der Waals surface area contributed by atoms with Gasteiger partial charge in [0.05, 0.1) is 24.0 Å². The van der Waals surface area contributed by atoms with Crippen molar-refractivity contribution in [3.63, 3.8) is 0 Å². The lowest BCUT2D eigenvalue weighted by molar-refractivity contribution is 0.0945. The fraction of sp³-hybridized carbons (Fsp3) is 0.125. The van der Waals surface area contributed by atoms with Crippen LogP contribution in [0.25, 0.3) is 0 Å². The molecule has 1 atom stereocenters. The predicted octanol–water partition coefficient (Wildman–Crippen LogP) is 5.15. The lowest BCUT2D eigenvalue weighted by Gasteiger charge is -2.17. The van der Waals surface area contributed by atoms with Crippen molar-refractivity contribution >= 4 is 23.2 Å². The van der Waals surface area contributed by atoms with Crippen molar-refractivity contribution in [3.05, 3.63) is 101 Å². The number of nitrogens with one attached hydrogen (secondary N) is 2. The minimum absolute atomic E-state index is 0.186. The molecule has 1 amide bonds. The van der Waals surface area contributed by atoms with Crippen molar-refractivity contribution in [2.45, 2.75) is 19.0 Å². The van der Waals surface area contributed by atoms with Gasteiger partial charge in [-0.05, 0) is 36.4 Å². The highest BCUT2D eigenvalue weighted by Gasteiger charge is 2.25. The molecule has 5 rings (SSSR count). The van der Waals surface area contributed by atoms with Gasteiger partial charge in [-0.1, -0.05) is 35.9 Å². The van der Waals surface area contributed by atoms with Crippen LogP contribution < -0.4 is 15.4 Å². The van der Waals surface area contributed by atoms with E-state index in [1.807, 2.05) is 54.6 Å². The molecule has 160 valence electrons. The summed E-state index contributed by atoms with van der Waals surface area (Å²) in [4.78, 5) is 21.0. The van der Waals surface area contributed by atoms with Gasteiger partial charge in [0.25, 0.3) is 5.91 Å². The molecule has 3 heterocycles. The number of rotatable bonds is 5. The quantitative estimate of drug-likeness (QED) is 0.440. The van der Waals surface area contributed by atoms with E-state index >= 15 is 0 Å². The van der Waals surface area contributed by atoms with E-state index in [1.54, 1.807) is 12.3 Å². The first kappa shape index (κ1) is 20.1. The molecule has 2 aromatic carbocycles. The largest absolute Gasteiger partial charge is 0.455 e. The highest BCUT2D eigenvalue weighted by Crippen LogP contribution is 2.41. The monoisotopic (exact) mass is 446 g/mol. The first-order valence-electron chi connectivity index (χ1n) is 10.1. The molecule has 4 aromatic rings. The summed E-state index contributed by atoms with van der Waals surface area (Å²) >= 11 is 6.19. The number of nitrogens with zero attached hydrogens (tertiary/aromatic N) is 2. The normalized spacial score (nSPS) is 14.3. The third-order valence-corrected chi connectivity index (χ3v) is 5.34. The van der Waals surface area contributed by atoms with E-state index in [0.717, 1.165) is 22.7 Å². The van der Waals surface area contributed by atoms with Crippen LogP contribution in [0.2, 0.25) is 5.02 Å². The van der Waals surface area contributed by atoms with Gasteiger partial charge in [-0.2, -0.15) is 0 Å². The standard InChI is InChI=1S/C24H19ClN4O3/c25-15-8-9-22-19(11-15)28-18(17-6-1-2-7-21(17)32-22)12-23-29-20(14-31-23)24(30)27-13-16-5-3-4-10-26-16/h1-11,14,18,28H,12-13H2,(H,27,30). The second-order valence-corrected chi connectivity index (χ2v) is 7.75. The Morgan fingerprint density at radius 1 is 1.09 bits per heavy atom. The molecule has 1 unspecified atom stereocenters. The SMILES string of the molecule is O=C(NCc1ccccn1)c1coc(CC2Nc3cc(Cl)ccc3Oc3ccccc32)n1. The van der Waals surface area contributed by atoms with E-state index < -0.39 is 0 Å². The Morgan fingerprint density at radius 2 is 1.97 bits per heavy atom. The van der Waals surface area contributed by atoms with Gasteiger partial charge in [0.2, 0.25) is 0 Å². The van der Waals surface area contributed by atoms with Crippen molar-refractivity contribution < 1.29 is 13.9 Å². The Hall–Kier alpha value is -3.84. The van der Waals surface area contributed by atoms with Gasteiger partial charge in [0.15, 0.2) is 17.3 Å². The Kier molecular flexibility index (Phi) is 5.47. The summed E-state index contributed by atoms with van der Waals surface area (Å²) in [6.45, 7) is 0.314. The average molecular weight is 447 g/mol. The highest BCUT2D eigenvalue weighted by molar-refractivity contribution is 6.30. The number of fused-ring (bicyclic) bond motifs is 2. The van der Waals surface area contributed by atoms with Crippen LogP contribution in [0.3, 0.4) is 0 Å². The van der Waals surface area contributed by atoms with Gasteiger partial charge in [-0.3, -0.25) is 9.78 Å². The van der Waals surface area contributed by atoms with Crippen molar-refractivity contribution in [3.8, 4) is 11.5 Å². The zero-order valence-electron chi connectivity index (χ0n) is 16.9. The molecule has 0 aliphatic carbocycles. The van der Waals surface area contributed by atoms with E-state index in [0.29, 0.717) is 29.6 Å². The van der Waals surface area contributed by atoms with Crippen LogP contribution in [-0.4, -0.2) is 15.9 Å². The lowest BCUT2D eigenvalue weighted by Crippen LogP contribution is -2.23. The molecule has 8 heteroatoms. The van der Waals surface area contributed by atoms with E-state index in [9.17, 15) is 4.79 Å². The van der Waals surface area contributed by atoms with Crippen molar-refractivity contribution in [1.82, 2.24) is 15.3 Å². The second kappa shape index (κ2) is 8.72. The minimum Gasteiger partial charge on any atom is -0.455 e. The molecule has 7 nitrogen and oxygen atoms in total. The zero-order valence-corrected chi connectivity index (χ0v) is 17.7. The second-order valence-electron chi connectivity index (χ2n) is 7.31. The minimum atomic E-state index is -0.319. The number of para-hydroxylation sites is 1. The van der Waals surface area contributed by atoms with Gasteiger partial charge < -0.3 is 19.8 Å². The summed E-state index contributed by atoms with van der Waals surface area (Å²) in [5.74, 6) is 1.54. The first-order valence-corrected chi connectivity index (χ1v) is 10.5. The molecule has 1 aliphatic heterocycles. The third kappa shape index (κ3) is 4.29. The van der Waals surface area contributed by atoms with E-state index in [-0.39, 0.29) is 17.6 Å². The van der Waals surface area contributed by atoms with E-state index in [4.69, 9.17) is 20.8 Å². The first-order chi connectivity index (χ1) is 15.7. The summed E-state index contributed by atoms with van der Waals surface area (Å²) < 4.78 is 11.7. The highest BCUT2D eigenvalue weighted by atomic mass is 35.5. The molecule has 0 bridgehead atoms. The molecule has 0 saturated carbocycles. The maximum absolute atomic E-state index is 12.5. The molecule has 1 aliphatic rings. The Balaban J connectivity index is 1.34.